The topological polar surface area (TPSA) is 16.4 Å². The molecule has 0 saturated carbocycles. The van der Waals surface area contributed by atoms with Crippen molar-refractivity contribution in [1.29, 1.82) is 0 Å². The summed E-state index contributed by atoms with van der Waals surface area (Å²) < 4.78 is 9.16. The van der Waals surface area contributed by atoms with Crippen molar-refractivity contribution in [1.82, 2.24) is 0 Å². The SMILES string of the molecule is c1cc(-c2cccc3oc4c5ccccc5ccc4c23)cc(N(c2ccc(-c3ccc4ccccc4c3)cc2)c2cccc3sc4ccccc4c23)c1. The number of anilines is 3. The fraction of sp³-hybridized carbons (Fsp3) is 0. The van der Waals surface area contributed by atoms with Crippen LogP contribution in [0.25, 0.3) is 85.9 Å². The standard InChI is InChI=1S/C50H31NOS/c1-2-12-35-30-36(23-22-32(35)10-1)33-24-27-38(28-25-33)51(44-18-9-21-47-49(44)42-16-5-6-20-46(42)53-47)39-14-7-13-37(31-39)40-17-8-19-45-48(40)43-29-26-34-11-3-4-15-41(34)50(43)52-45/h1-31H. The van der Waals surface area contributed by atoms with Gasteiger partial charge in [0.05, 0.1) is 5.69 Å². The Kier molecular flexibility index (Phi) is 6.76. The maximum absolute atomic E-state index is 6.59. The normalized spacial score (nSPS) is 11.8. The second-order valence-electron chi connectivity index (χ2n) is 13.7. The molecule has 0 atom stereocenters. The van der Waals surface area contributed by atoms with E-state index in [2.05, 4.69) is 193 Å². The Morgan fingerprint density at radius 1 is 0.396 bits per heavy atom. The Bertz CT molecular complexity index is 3190. The summed E-state index contributed by atoms with van der Waals surface area (Å²) in [5, 5.41) is 9.64. The van der Waals surface area contributed by atoms with E-state index in [4.69, 9.17) is 4.42 Å². The third kappa shape index (κ3) is 4.86. The summed E-state index contributed by atoms with van der Waals surface area (Å²) >= 11 is 1.85. The molecule has 0 unspecified atom stereocenters. The average molecular weight is 694 g/mol. The molecule has 9 aromatic carbocycles. The maximum atomic E-state index is 6.59. The molecule has 248 valence electrons. The number of hydrogen-bond acceptors (Lipinski definition) is 3. The Hall–Kier alpha value is -6.68. The van der Waals surface area contributed by atoms with Gasteiger partial charge in [-0.05, 0) is 99.1 Å². The van der Waals surface area contributed by atoms with Crippen LogP contribution in [0.4, 0.5) is 17.1 Å². The van der Waals surface area contributed by atoms with Crippen molar-refractivity contribution in [2.75, 3.05) is 4.90 Å². The van der Waals surface area contributed by atoms with Crippen molar-refractivity contribution >= 4 is 92.1 Å². The molecule has 0 N–H and O–H groups in total. The summed E-state index contributed by atoms with van der Waals surface area (Å²) in [5.74, 6) is 0. The highest BCUT2D eigenvalue weighted by Gasteiger charge is 2.20. The van der Waals surface area contributed by atoms with Crippen LogP contribution >= 0.6 is 11.3 Å². The predicted octanol–water partition coefficient (Wildman–Crippen LogP) is 15.1. The summed E-state index contributed by atoms with van der Waals surface area (Å²) in [6.45, 7) is 0. The number of furan rings is 1. The highest BCUT2D eigenvalue weighted by Crippen LogP contribution is 2.46. The third-order valence-electron chi connectivity index (χ3n) is 10.6. The number of fused-ring (bicyclic) bond motifs is 9. The minimum Gasteiger partial charge on any atom is -0.455 e. The molecule has 11 aromatic rings. The van der Waals surface area contributed by atoms with Crippen LogP contribution in [0.2, 0.25) is 0 Å². The molecule has 2 heterocycles. The van der Waals surface area contributed by atoms with Crippen molar-refractivity contribution < 1.29 is 4.42 Å². The van der Waals surface area contributed by atoms with Gasteiger partial charge in [0, 0.05) is 47.7 Å². The number of hydrogen-bond donors (Lipinski definition) is 0. The second kappa shape index (κ2) is 11.9. The molecule has 0 bridgehead atoms. The van der Waals surface area contributed by atoms with Crippen LogP contribution < -0.4 is 4.90 Å². The van der Waals surface area contributed by atoms with Gasteiger partial charge in [0.25, 0.3) is 0 Å². The van der Waals surface area contributed by atoms with Crippen LogP contribution in [0.1, 0.15) is 0 Å². The van der Waals surface area contributed by atoms with E-state index in [-0.39, 0.29) is 0 Å². The largest absolute Gasteiger partial charge is 0.455 e. The Labute approximate surface area is 310 Å². The van der Waals surface area contributed by atoms with Crippen LogP contribution in [-0.2, 0) is 0 Å². The minimum atomic E-state index is 0.898. The summed E-state index contributed by atoms with van der Waals surface area (Å²) in [7, 11) is 0. The molecule has 0 amide bonds. The van der Waals surface area contributed by atoms with Gasteiger partial charge in [0.2, 0.25) is 0 Å². The molecule has 0 aliphatic carbocycles. The first-order valence-electron chi connectivity index (χ1n) is 18.0. The van der Waals surface area contributed by atoms with Gasteiger partial charge in [0.1, 0.15) is 11.2 Å². The fourth-order valence-electron chi connectivity index (χ4n) is 8.15. The lowest BCUT2D eigenvalue weighted by molar-refractivity contribution is 0.673. The molecule has 0 aliphatic heterocycles. The number of nitrogens with zero attached hydrogens (tertiary/aromatic N) is 1. The molecule has 0 spiro atoms. The third-order valence-corrected chi connectivity index (χ3v) is 11.8. The molecular formula is C50H31NOS. The molecule has 11 rings (SSSR count). The van der Waals surface area contributed by atoms with Crippen LogP contribution in [0, 0.1) is 0 Å². The van der Waals surface area contributed by atoms with E-state index in [9.17, 15) is 0 Å². The molecule has 0 aliphatic rings. The number of rotatable bonds is 5. The van der Waals surface area contributed by atoms with E-state index in [0.717, 1.165) is 55.5 Å². The lowest BCUT2D eigenvalue weighted by atomic mass is 9.97. The van der Waals surface area contributed by atoms with Crippen LogP contribution in [0.3, 0.4) is 0 Å². The quantitative estimate of drug-likeness (QED) is 0.178. The monoisotopic (exact) mass is 693 g/mol. The molecule has 2 aromatic heterocycles. The molecule has 0 radical (unpaired) electrons. The fourth-order valence-corrected chi connectivity index (χ4v) is 9.28. The van der Waals surface area contributed by atoms with E-state index < -0.39 is 0 Å². The lowest BCUT2D eigenvalue weighted by Crippen LogP contribution is -2.10. The van der Waals surface area contributed by atoms with Crippen molar-refractivity contribution in [3.05, 3.63) is 188 Å². The van der Waals surface area contributed by atoms with Gasteiger partial charge in [-0.15, -0.1) is 11.3 Å². The molecule has 0 saturated heterocycles. The summed E-state index contributed by atoms with van der Waals surface area (Å²) in [5.41, 5.74) is 9.90. The van der Waals surface area contributed by atoms with Crippen LogP contribution in [-0.4, -0.2) is 0 Å². The highest BCUT2D eigenvalue weighted by atomic mass is 32.1. The molecule has 53 heavy (non-hydrogen) atoms. The first kappa shape index (κ1) is 30.0. The van der Waals surface area contributed by atoms with Gasteiger partial charge >= 0.3 is 0 Å². The molecular weight excluding hydrogens is 663 g/mol. The summed E-state index contributed by atoms with van der Waals surface area (Å²) in [4.78, 5) is 2.43. The molecule has 0 fully saturated rings. The van der Waals surface area contributed by atoms with E-state index in [1.54, 1.807) is 0 Å². The summed E-state index contributed by atoms with van der Waals surface area (Å²) in [6.07, 6.45) is 0. The molecule has 2 nitrogen and oxygen atoms in total. The second-order valence-corrected chi connectivity index (χ2v) is 14.8. The van der Waals surface area contributed by atoms with E-state index in [1.807, 2.05) is 11.3 Å². The average Bonchev–Trinajstić information content (AvgIpc) is 3.81. The Morgan fingerprint density at radius 3 is 2.02 bits per heavy atom. The van der Waals surface area contributed by atoms with Crippen molar-refractivity contribution in [3.63, 3.8) is 0 Å². The summed E-state index contributed by atoms with van der Waals surface area (Å²) in [6, 6.07) is 68.0. The van der Waals surface area contributed by atoms with Crippen LogP contribution in [0.5, 0.6) is 0 Å². The smallest absolute Gasteiger partial charge is 0.143 e. The predicted molar refractivity (Wildman–Crippen MR) is 227 cm³/mol. The van der Waals surface area contributed by atoms with Gasteiger partial charge in [0.15, 0.2) is 0 Å². The zero-order valence-electron chi connectivity index (χ0n) is 28.7. The Balaban J connectivity index is 1.10. The maximum Gasteiger partial charge on any atom is 0.143 e. The van der Waals surface area contributed by atoms with Gasteiger partial charge < -0.3 is 9.32 Å². The van der Waals surface area contributed by atoms with Crippen molar-refractivity contribution in [3.8, 4) is 22.3 Å². The lowest BCUT2D eigenvalue weighted by Gasteiger charge is -2.27. The van der Waals surface area contributed by atoms with Gasteiger partial charge in [-0.3, -0.25) is 0 Å². The number of benzene rings is 9. The van der Waals surface area contributed by atoms with Gasteiger partial charge in [-0.1, -0.05) is 127 Å². The highest BCUT2D eigenvalue weighted by molar-refractivity contribution is 7.26. The van der Waals surface area contributed by atoms with Crippen LogP contribution in [0.15, 0.2) is 192 Å². The van der Waals surface area contributed by atoms with Gasteiger partial charge in [-0.25, -0.2) is 0 Å². The number of thiophene rings is 1. The molecule has 3 heteroatoms. The minimum absolute atomic E-state index is 0.898. The first-order chi connectivity index (χ1) is 26.3. The zero-order valence-corrected chi connectivity index (χ0v) is 29.5. The van der Waals surface area contributed by atoms with Gasteiger partial charge in [-0.2, -0.15) is 0 Å². The Morgan fingerprint density at radius 2 is 1.11 bits per heavy atom. The van der Waals surface area contributed by atoms with Crippen molar-refractivity contribution in [2.24, 2.45) is 0 Å². The van der Waals surface area contributed by atoms with E-state index in [1.165, 1.54) is 47.5 Å². The first-order valence-corrected chi connectivity index (χ1v) is 18.8. The van der Waals surface area contributed by atoms with E-state index >= 15 is 0 Å². The zero-order chi connectivity index (χ0) is 34.9. The van der Waals surface area contributed by atoms with E-state index in [0.29, 0.717) is 0 Å². The van der Waals surface area contributed by atoms with Crippen molar-refractivity contribution in [2.45, 2.75) is 0 Å².